The maximum atomic E-state index is 5.74. The standard InChI is InChI=1S/C11H18N2O/c12-7-3-4-10-5-6-11(14-10)13-8-1-2-9-13/h5-6H,1-4,7-9,12H2. The smallest absolute Gasteiger partial charge is 0.195 e. The van der Waals surface area contributed by atoms with E-state index in [1.807, 2.05) is 0 Å². The summed E-state index contributed by atoms with van der Waals surface area (Å²) in [6.45, 7) is 3.02. The lowest BCUT2D eigenvalue weighted by Crippen LogP contribution is -2.16. The Hall–Kier alpha value is -0.960. The molecule has 3 nitrogen and oxygen atoms in total. The average Bonchev–Trinajstić information content (AvgIpc) is 2.85. The molecule has 0 aliphatic carbocycles. The van der Waals surface area contributed by atoms with E-state index >= 15 is 0 Å². The first-order valence-corrected chi connectivity index (χ1v) is 5.44. The van der Waals surface area contributed by atoms with E-state index < -0.39 is 0 Å². The number of aryl methyl sites for hydroxylation is 1. The molecule has 0 spiro atoms. The van der Waals surface area contributed by atoms with Crippen LogP contribution >= 0.6 is 0 Å². The largest absolute Gasteiger partial charge is 0.446 e. The van der Waals surface area contributed by atoms with Gasteiger partial charge < -0.3 is 15.1 Å². The molecule has 1 aromatic rings. The lowest BCUT2D eigenvalue weighted by molar-refractivity contribution is 0.499. The molecule has 0 aromatic carbocycles. The Kier molecular flexibility index (Phi) is 3.09. The maximum absolute atomic E-state index is 5.74. The normalized spacial score (nSPS) is 16.5. The second-order valence-corrected chi connectivity index (χ2v) is 3.83. The van der Waals surface area contributed by atoms with E-state index in [-0.39, 0.29) is 0 Å². The van der Waals surface area contributed by atoms with Crippen LogP contribution in [0.1, 0.15) is 25.0 Å². The molecule has 0 bridgehead atoms. The fourth-order valence-corrected chi connectivity index (χ4v) is 1.88. The van der Waals surface area contributed by atoms with Gasteiger partial charge in [0.05, 0.1) is 0 Å². The first kappa shape index (κ1) is 9.59. The molecule has 1 aliphatic heterocycles. The van der Waals surface area contributed by atoms with Gasteiger partial charge in [-0.1, -0.05) is 0 Å². The lowest BCUT2D eigenvalue weighted by atomic mass is 10.2. The van der Waals surface area contributed by atoms with Crippen molar-refractivity contribution in [1.29, 1.82) is 0 Å². The van der Waals surface area contributed by atoms with Crippen molar-refractivity contribution in [3.8, 4) is 0 Å². The average molecular weight is 194 g/mol. The summed E-state index contributed by atoms with van der Waals surface area (Å²) in [5.74, 6) is 2.10. The highest BCUT2D eigenvalue weighted by Crippen LogP contribution is 2.23. The van der Waals surface area contributed by atoms with Gasteiger partial charge in [0, 0.05) is 25.6 Å². The number of nitrogens with zero attached hydrogens (tertiary/aromatic N) is 1. The van der Waals surface area contributed by atoms with Gasteiger partial charge in [0.1, 0.15) is 5.76 Å². The second kappa shape index (κ2) is 4.51. The zero-order chi connectivity index (χ0) is 9.80. The minimum absolute atomic E-state index is 0.736. The summed E-state index contributed by atoms with van der Waals surface area (Å²) in [7, 11) is 0. The van der Waals surface area contributed by atoms with Gasteiger partial charge in [0.25, 0.3) is 0 Å². The van der Waals surface area contributed by atoms with Crippen LogP contribution in [0.5, 0.6) is 0 Å². The molecule has 1 saturated heterocycles. The van der Waals surface area contributed by atoms with Crippen LogP contribution in [-0.4, -0.2) is 19.6 Å². The predicted octanol–water partition coefficient (Wildman–Crippen LogP) is 1.77. The van der Waals surface area contributed by atoms with Crippen LogP contribution in [0.2, 0.25) is 0 Å². The summed E-state index contributed by atoms with van der Waals surface area (Å²) in [6.07, 6.45) is 4.55. The van der Waals surface area contributed by atoms with Crippen molar-refractivity contribution in [2.24, 2.45) is 5.73 Å². The van der Waals surface area contributed by atoms with Crippen molar-refractivity contribution < 1.29 is 4.42 Å². The van der Waals surface area contributed by atoms with E-state index in [2.05, 4.69) is 17.0 Å². The van der Waals surface area contributed by atoms with Crippen LogP contribution < -0.4 is 10.6 Å². The highest BCUT2D eigenvalue weighted by Gasteiger charge is 2.15. The monoisotopic (exact) mass is 194 g/mol. The van der Waals surface area contributed by atoms with E-state index in [1.165, 1.54) is 12.8 Å². The summed E-state index contributed by atoms with van der Waals surface area (Å²) < 4.78 is 5.74. The Balaban J connectivity index is 1.94. The minimum atomic E-state index is 0.736. The third-order valence-corrected chi connectivity index (χ3v) is 2.69. The Morgan fingerprint density at radius 1 is 1.29 bits per heavy atom. The minimum Gasteiger partial charge on any atom is -0.446 e. The summed E-state index contributed by atoms with van der Waals surface area (Å²) in [4.78, 5) is 2.31. The van der Waals surface area contributed by atoms with Gasteiger partial charge in [-0.3, -0.25) is 0 Å². The first-order valence-electron chi connectivity index (χ1n) is 5.44. The highest BCUT2D eigenvalue weighted by atomic mass is 16.4. The van der Waals surface area contributed by atoms with Crippen LogP contribution in [0.3, 0.4) is 0 Å². The molecule has 14 heavy (non-hydrogen) atoms. The predicted molar refractivity (Wildman–Crippen MR) is 57.5 cm³/mol. The van der Waals surface area contributed by atoms with Crippen LogP contribution in [-0.2, 0) is 6.42 Å². The van der Waals surface area contributed by atoms with E-state index in [0.717, 1.165) is 44.1 Å². The summed E-state index contributed by atoms with van der Waals surface area (Å²) >= 11 is 0. The van der Waals surface area contributed by atoms with Crippen molar-refractivity contribution >= 4 is 5.88 Å². The van der Waals surface area contributed by atoms with Crippen molar-refractivity contribution in [3.05, 3.63) is 17.9 Å². The zero-order valence-corrected chi connectivity index (χ0v) is 8.54. The SMILES string of the molecule is NCCCc1ccc(N2CCCC2)o1. The molecular weight excluding hydrogens is 176 g/mol. The quantitative estimate of drug-likeness (QED) is 0.794. The molecule has 1 aliphatic rings. The van der Waals surface area contributed by atoms with Gasteiger partial charge in [-0.05, 0) is 31.9 Å². The van der Waals surface area contributed by atoms with Gasteiger partial charge in [-0.25, -0.2) is 0 Å². The molecule has 1 fully saturated rings. The van der Waals surface area contributed by atoms with Crippen LogP contribution in [0.25, 0.3) is 0 Å². The molecule has 0 radical (unpaired) electrons. The van der Waals surface area contributed by atoms with Crippen molar-refractivity contribution in [2.75, 3.05) is 24.5 Å². The number of hydrogen-bond acceptors (Lipinski definition) is 3. The summed E-state index contributed by atoms with van der Waals surface area (Å²) in [5.41, 5.74) is 5.45. The van der Waals surface area contributed by atoms with Crippen LogP contribution in [0.4, 0.5) is 5.88 Å². The second-order valence-electron chi connectivity index (χ2n) is 3.83. The molecule has 2 rings (SSSR count). The van der Waals surface area contributed by atoms with Gasteiger partial charge in [-0.15, -0.1) is 0 Å². The topological polar surface area (TPSA) is 42.4 Å². The van der Waals surface area contributed by atoms with Gasteiger partial charge in [-0.2, -0.15) is 0 Å². The zero-order valence-electron chi connectivity index (χ0n) is 8.54. The van der Waals surface area contributed by atoms with Crippen molar-refractivity contribution in [2.45, 2.75) is 25.7 Å². The molecule has 0 unspecified atom stereocenters. The van der Waals surface area contributed by atoms with Gasteiger partial charge in [0.15, 0.2) is 5.88 Å². The number of nitrogens with two attached hydrogens (primary N) is 1. The number of furan rings is 1. The molecular formula is C11H18N2O. The third kappa shape index (κ3) is 2.10. The van der Waals surface area contributed by atoms with E-state index in [9.17, 15) is 0 Å². The van der Waals surface area contributed by atoms with E-state index in [4.69, 9.17) is 10.2 Å². The maximum Gasteiger partial charge on any atom is 0.195 e. The van der Waals surface area contributed by atoms with Crippen molar-refractivity contribution in [1.82, 2.24) is 0 Å². The Labute approximate surface area is 84.9 Å². The number of rotatable bonds is 4. The fourth-order valence-electron chi connectivity index (χ4n) is 1.88. The molecule has 0 atom stereocenters. The Morgan fingerprint density at radius 2 is 2.07 bits per heavy atom. The molecule has 1 aromatic heterocycles. The third-order valence-electron chi connectivity index (χ3n) is 2.69. The Bertz CT molecular complexity index is 277. The molecule has 2 N–H and O–H groups in total. The summed E-state index contributed by atoms with van der Waals surface area (Å²) in [5, 5.41) is 0. The van der Waals surface area contributed by atoms with E-state index in [0.29, 0.717) is 0 Å². The summed E-state index contributed by atoms with van der Waals surface area (Å²) in [6, 6.07) is 4.15. The highest BCUT2D eigenvalue weighted by molar-refractivity contribution is 5.37. The van der Waals surface area contributed by atoms with E-state index in [1.54, 1.807) is 0 Å². The molecule has 0 saturated carbocycles. The first-order chi connectivity index (χ1) is 6.90. The van der Waals surface area contributed by atoms with Crippen molar-refractivity contribution in [3.63, 3.8) is 0 Å². The van der Waals surface area contributed by atoms with Gasteiger partial charge in [0.2, 0.25) is 0 Å². The fraction of sp³-hybridized carbons (Fsp3) is 0.636. The Morgan fingerprint density at radius 3 is 2.79 bits per heavy atom. The van der Waals surface area contributed by atoms with Crippen LogP contribution in [0.15, 0.2) is 16.5 Å². The number of hydrogen-bond donors (Lipinski definition) is 1. The van der Waals surface area contributed by atoms with Gasteiger partial charge >= 0.3 is 0 Å². The van der Waals surface area contributed by atoms with Crippen LogP contribution in [0, 0.1) is 0 Å². The molecule has 2 heterocycles. The molecule has 78 valence electrons. The lowest BCUT2D eigenvalue weighted by Gasteiger charge is -2.12. The molecule has 3 heteroatoms. The molecule has 0 amide bonds. The number of anilines is 1.